The number of rotatable bonds is 11. The standard InChI is InChI=1S/C24H39N6/c1-2-30(18-4-14-28-24-11-7-22(26)8-12-24)19-16-29(17-20-30)15-3-13-27-23-9-5-21(25)6-10-23/h5-12,27-28H,2-4,13-20,25-26H2,1H3/q+1. The number of quaternary nitrogens is 1. The first-order valence-electron chi connectivity index (χ1n) is 11.3. The predicted molar refractivity (Wildman–Crippen MR) is 130 cm³/mol. The highest BCUT2D eigenvalue weighted by atomic mass is 15.4. The molecule has 1 fully saturated rings. The van der Waals surface area contributed by atoms with Crippen molar-refractivity contribution in [2.75, 3.05) is 81.0 Å². The van der Waals surface area contributed by atoms with Gasteiger partial charge in [0.25, 0.3) is 0 Å². The zero-order valence-corrected chi connectivity index (χ0v) is 18.4. The van der Waals surface area contributed by atoms with Crippen molar-refractivity contribution in [2.24, 2.45) is 0 Å². The van der Waals surface area contributed by atoms with E-state index in [0.717, 1.165) is 35.8 Å². The number of nitrogens with two attached hydrogens (primary N) is 2. The predicted octanol–water partition coefficient (Wildman–Crippen LogP) is 3.31. The minimum absolute atomic E-state index is 0.812. The molecule has 1 heterocycles. The topological polar surface area (TPSA) is 79.3 Å². The summed E-state index contributed by atoms with van der Waals surface area (Å²) >= 11 is 0. The van der Waals surface area contributed by atoms with E-state index >= 15 is 0 Å². The summed E-state index contributed by atoms with van der Waals surface area (Å²) in [5.41, 5.74) is 15.4. The molecule has 0 unspecified atom stereocenters. The molecule has 1 aliphatic heterocycles. The summed E-state index contributed by atoms with van der Waals surface area (Å²) in [4.78, 5) is 2.63. The summed E-state index contributed by atoms with van der Waals surface area (Å²) in [6.45, 7) is 13.0. The molecule has 0 bridgehead atoms. The molecule has 30 heavy (non-hydrogen) atoms. The Labute approximate surface area is 181 Å². The molecule has 2 aromatic rings. The van der Waals surface area contributed by atoms with Crippen LogP contribution in [0.15, 0.2) is 48.5 Å². The van der Waals surface area contributed by atoms with Crippen molar-refractivity contribution in [3.05, 3.63) is 48.5 Å². The van der Waals surface area contributed by atoms with Crippen LogP contribution in [-0.4, -0.2) is 68.3 Å². The van der Waals surface area contributed by atoms with Gasteiger partial charge in [-0.25, -0.2) is 0 Å². The quantitative estimate of drug-likeness (QED) is 0.259. The molecule has 0 aromatic heterocycles. The summed E-state index contributed by atoms with van der Waals surface area (Å²) in [6, 6.07) is 16.0. The third-order valence-electron chi connectivity index (χ3n) is 6.39. The molecular formula is C24H39N6+. The number of nitrogen functional groups attached to an aromatic ring is 2. The highest BCUT2D eigenvalue weighted by Gasteiger charge is 2.30. The Kier molecular flexibility index (Phi) is 8.22. The molecule has 0 amide bonds. The number of hydrogen-bond donors (Lipinski definition) is 4. The molecule has 6 heteroatoms. The zero-order chi connectivity index (χ0) is 21.2. The maximum atomic E-state index is 5.75. The van der Waals surface area contributed by atoms with E-state index in [1.165, 1.54) is 63.1 Å². The summed E-state index contributed by atoms with van der Waals surface area (Å²) in [7, 11) is 0. The van der Waals surface area contributed by atoms with E-state index in [4.69, 9.17) is 11.5 Å². The van der Waals surface area contributed by atoms with Gasteiger partial charge >= 0.3 is 0 Å². The van der Waals surface area contributed by atoms with Gasteiger partial charge in [0.15, 0.2) is 0 Å². The molecule has 1 aliphatic rings. The lowest BCUT2D eigenvalue weighted by Gasteiger charge is -2.44. The maximum Gasteiger partial charge on any atom is 0.0916 e. The van der Waals surface area contributed by atoms with Crippen LogP contribution < -0.4 is 22.1 Å². The number of nitrogens with zero attached hydrogens (tertiary/aromatic N) is 2. The van der Waals surface area contributed by atoms with Crippen LogP contribution in [0.5, 0.6) is 0 Å². The van der Waals surface area contributed by atoms with Gasteiger partial charge in [-0.05, 0) is 61.9 Å². The first kappa shape index (κ1) is 22.2. The van der Waals surface area contributed by atoms with Gasteiger partial charge < -0.3 is 26.6 Å². The molecule has 0 atom stereocenters. The van der Waals surface area contributed by atoms with Crippen molar-refractivity contribution in [3.8, 4) is 0 Å². The fourth-order valence-electron chi connectivity index (χ4n) is 4.24. The van der Waals surface area contributed by atoms with Crippen LogP contribution in [0.1, 0.15) is 19.8 Å². The van der Waals surface area contributed by atoms with Crippen molar-refractivity contribution < 1.29 is 4.48 Å². The van der Waals surface area contributed by atoms with Crippen LogP contribution in [0, 0.1) is 0 Å². The summed E-state index contributed by atoms with van der Waals surface area (Å²) < 4.78 is 1.25. The highest BCUT2D eigenvalue weighted by Crippen LogP contribution is 2.16. The average Bonchev–Trinajstić information content (AvgIpc) is 2.78. The smallest absolute Gasteiger partial charge is 0.0916 e. The number of hydrogen-bond acceptors (Lipinski definition) is 5. The molecule has 0 radical (unpaired) electrons. The van der Waals surface area contributed by atoms with Crippen LogP contribution in [-0.2, 0) is 0 Å². The van der Waals surface area contributed by atoms with Crippen molar-refractivity contribution in [3.63, 3.8) is 0 Å². The minimum atomic E-state index is 0.812. The molecule has 3 rings (SSSR count). The van der Waals surface area contributed by atoms with Crippen LogP contribution in [0.2, 0.25) is 0 Å². The molecule has 6 nitrogen and oxygen atoms in total. The zero-order valence-electron chi connectivity index (χ0n) is 18.4. The maximum absolute atomic E-state index is 5.75. The number of benzene rings is 2. The molecule has 0 aliphatic carbocycles. The lowest BCUT2D eigenvalue weighted by atomic mass is 10.2. The number of anilines is 4. The Morgan fingerprint density at radius 1 is 0.800 bits per heavy atom. The van der Waals surface area contributed by atoms with Crippen molar-refractivity contribution in [2.45, 2.75) is 19.8 Å². The lowest BCUT2D eigenvalue weighted by Crippen LogP contribution is -2.60. The molecule has 6 N–H and O–H groups in total. The van der Waals surface area contributed by atoms with E-state index in [0.29, 0.717) is 0 Å². The molecule has 0 spiro atoms. The van der Waals surface area contributed by atoms with Crippen molar-refractivity contribution >= 4 is 22.7 Å². The van der Waals surface area contributed by atoms with Gasteiger partial charge in [-0.3, -0.25) is 4.90 Å². The normalized spacial score (nSPS) is 16.3. The van der Waals surface area contributed by atoms with Crippen molar-refractivity contribution in [1.29, 1.82) is 0 Å². The van der Waals surface area contributed by atoms with E-state index in [1.54, 1.807) is 0 Å². The van der Waals surface area contributed by atoms with Gasteiger partial charge in [0.1, 0.15) is 0 Å². The molecule has 164 valence electrons. The summed E-state index contributed by atoms with van der Waals surface area (Å²) in [6.07, 6.45) is 2.37. The molecule has 2 aromatic carbocycles. The van der Waals surface area contributed by atoms with E-state index in [9.17, 15) is 0 Å². The minimum Gasteiger partial charge on any atom is -0.399 e. The monoisotopic (exact) mass is 411 g/mol. The summed E-state index contributed by atoms with van der Waals surface area (Å²) in [5.74, 6) is 0. The van der Waals surface area contributed by atoms with Crippen LogP contribution >= 0.6 is 0 Å². The fourth-order valence-corrected chi connectivity index (χ4v) is 4.24. The van der Waals surface area contributed by atoms with Gasteiger partial charge in [0.05, 0.1) is 26.2 Å². The third kappa shape index (κ3) is 6.82. The van der Waals surface area contributed by atoms with Crippen LogP contribution in [0.25, 0.3) is 0 Å². The largest absolute Gasteiger partial charge is 0.399 e. The van der Waals surface area contributed by atoms with Gasteiger partial charge in [-0.2, -0.15) is 0 Å². The highest BCUT2D eigenvalue weighted by molar-refractivity contribution is 5.51. The summed E-state index contributed by atoms with van der Waals surface area (Å²) in [5, 5.41) is 7.01. The second kappa shape index (κ2) is 11.1. The van der Waals surface area contributed by atoms with E-state index < -0.39 is 0 Å². The first-order valence-corrected chi connectivity index (χ1v) is 11.3. The molecule has 1 saturated heterocycles. The Morgan fingerprint density at radius 2 is 1.30 bits per heavy atom. The molecular weight excluding hydrogens is 372 g/mol. The molecule has 0 saturated carbocycles. The van der Waals surface area contributed by atoms with E-state index in [1.807, 2.05) is 36.4 Å². The van der Waals surface area contributed by atoms with Crippen LogP contribution in [0.3, 0.4) is 0 Å². The Morgan fingerprint density at radius 3 is 1.80 bits per heavy atom. The number of nitrogens with one attached hydrogen (secondary N) is 2. The van der Waals surface area contributed by atoms with E-state index in [2.05, 4.69) is 34.6 Å². The Hall–Kier alpha value is -2.44. The Balaban J connectivity index is 1.30. The van der Waals surface area contributed by atoms with Gasteiger partial charge in [-0.15, -0.1) is 0 Å². The third-order valence-corrected chi connectivity index (χ3v) is 6.39. The van der Waals surface area contributed by atoms with Gasteiger partial charge in [0.2, 0.25) is 0 Å². The lowest BCUT2D eigenvalue weighted by molar-refractivity contribution is -0.930. The van der Waals surface area contributed by atoms with E-state index in [-0.39, 0.29) is 0 Å². The number of likely N-dealkylation sites (N-methyl/N-ethyl adjacent to an activating group) is 1. The first-order chi connectivity index (χ1) is 14.6. The van der Waals surface area contributed by atoms with Gasteiger partial charge in [-0.1, -0.05) is 0 Å². The fraction of sp³-hybridized carbons (Fsp3) is 0.500. The second-order valence-corrected chi connectivity index (χ2v) is 8.48. The number of piperazine rings is 1. The SMILES string of the molecule is CC[N+]1(CCCNc2ccc(N)cc2)CCN(CCCNc2ccc(N)cc2)CC1. The second-order valence-electron chi connectivity index (χ2n) is 8.48. The average molecular weight is 412 g/mol. The Bertz CT molecular complexity index is 735. The van der Waals surface area contributed by atoms with Crippen LogP contribution in [0.4, 0.5) is 22.7 Å². The van der Waals surface area contributed by atoms with Crippen molar-refractivity contribution in [1.82, 2.24) is 4.90 Å². The van der Waals surface area contributed by atoms with Gasteiger partial charge in [0, 0.05) is 61.9 Å².